The second-order valence-corrected chi connectivity index (χ2v) is 5.37. The Morgan fingerprint density at radius 2 is 2.07 bits per heavy atom. The summed E-state index contributed by atoms with van der Waals surface area (Å²) in [6.07, 6.45) is 4.29. The number of carboxylic acid groups (broad SMARTS) is 1. The average Bonchev–Trinajstić information content (AvgIpc) is 2.15. The molecule has 88 valence electrons. The van der Waals surface area contributed by atoms with Crippen molar-refractivity contribution in [1.82, 2.24) is 0 Å². The van der Waals surface area contributed by atoms with Crippen LogP contribution in [0.25, 0.3) is 0 Å². The van der Waals surface area contributed by atoms with E-state index in [9.17, 15) is 9.90 Å². The summed E-state index contributed by atoms with van der Waals surface area (Å²) in [5, 5.41) is 19.4. The van der Waals surface area contributed by atoms with Gasteiger partial charge < -0.3 is 10.2 Å². The fourth-order valence-corrected chi connectivity index (χ4v) is 2.93. The molecule has 0 aliphatic heterocycles. The van der Waals surface area contributed by atoms with Crippen molar-refractivity contribution in [3.8, 4) is 0 Å². The SMILES string of the molecule is CCC(O)(C(=O)O)C1CCCCC1(C)C. The van der Waals surface area contributed by atoms with Crippen molar-refractivity contribution in [3.05, 3.63) is 0 Å². The molecule has 1 rings (SSSR count). The predicted molar refractivity (Wildman–Crippen MR) is 58.6 cm³/mol. The molecule has 0 amide bonds. The van der Waals surface area contributed by atoms with Crippen molar-refractivity contribution in [2.24, 2.45) is 11.3 Å². The maximum Gasteiger partial charge on any atom is 0.335 e. The lowest BCUT2D eigenvalue weighted by atomic mass is 9.61. The van der Waals surface area contributed by atoms with Crippen LogP contribution in [0.5, 0.6) is 0 Å². The van der Waals surface area contributed by atoms with Crippen LogP contribution in [0.4, 0.5) is 0 Å². The van der Waals surface area contributed by atoms with Crippen LogP contribution >= 0.6 is 0 Å². The van der Waals surface area contributed by atoms with E-state index in [2.05, 4.69) is 13.8 Å². The maximum atomic E-state index is 11.2. The Bertz CT molecular complexity index is 247. The summed E-state index contributed by atoms with van der Waals surface area (Å²) < 4.78 is 0. The van der Waals surface area contributed by atoms with Gasteiger partial charge in [0.2, 0.25) is 0 Å². The summed E-state index contributed by atoms with van der Waals surface area (Å²) in [4.78, 5) is 11.2. The van der Waals surface area contributed by atoms with E-state index in [0.29, 0.717) is 0 Å². The van der Waals surface area contributed by atoms with Crippen LogP contribution in [-0.4, -0.2) is 21.8 Å². The van der Waals surface area contributed by atoms with Crippen LogP contribution in [0.1, 0.15) is 52.9 Å². The van der Waals surface area contributed by atoms with Gasteiger partial charge in [-0.25, -0.2) is 4.79 Å². The van der Waals surface area contributed by atoms with E-state index >= 15 is 0 Å². The largest absolute Gasteiger partial charge is 0.479 e. The third kappa shape index (κ3) is 2.17. The molecule has 0 spiro atoms. The fraction of sp³-hybridized carbons (Fsp3) is 0.917. The van der Waals surface area contributed by atoms with Crippen molar-refractivity contribution >= 4 is 5.97 Å². The molecule has 2 atom stereocenters. The Morgan fingerprint density at radius 1 is 1.47 bits per heavy atom. The van der Waals surface area contributed by atoms with Crippen molar-refractivity contribution in [1.29, 1.82) is 0 Å². The van der Waals surface area contributed by atoms with E-state index < -0.39 is 11.6 Å². The van der Waals surface area contributed by atoms with Gasteiger partial charge in [-0.05, 0) is 24.7 Å². The minimum atomic E-state index is -1.54. The van der Waals surface area contributed by atoms with Gasteiger partial charge in [0.25, 0.3) is 0 Å². The van der Waals surface area contributed by atoms with E-state index in [1.165, 1.54) is 0 Å². The second kappa shape index (κ2) is 4.12. The molecular weight excluding hydrogens is 192 g/mol. The first-order valence-electron chi connectivity index (χ1n) is 5.80. The molecule has 3 heteroatoms. The molecule has 2 unspecified atom stereocenters. The molecule has 0 aromatic carbocycles. The Morgan fingerprint density at radius 3 is 2.47 bits per heavy atom. The Hall–Kier alpha value is -0.570. The van der Waals surface area contributed by atoms with Gasteiger partial charge in [-0.1, -0.05) is 33.6 Å². The Kier molecular flexibility index (Phi) is 3.44. The number of carbonyl (C=O) groups is 1. The third-order valence-electron chi connectivity index (χ3n) is 3.99. The molecule has 3 nitrogen and oxygen atoms in total. The first kappa shape index (κ1) is 12.5. The number of rotatable bonds is 3. The van der Waals surface area contributed by atoms with Crippen molar-refractivity contribution < 1.29 is 15.0 Å². The highest BCUT2D eigenvalue weighted by Crippen LogP contribution is 2.47. The molecule has 1 saturated carbocycles. The lowest BCUT2D eigenvalue weighted by Crippen LogP contribution is -2.52. The number of aliphatic carboxylic acids is 1. The lowest BCUT2D eigenvalue weighted by Gasteiger charge is -2.45. The van der Waals surface area contributed by atoms with Gasteiger partial charge in [0.15, 0.2) is 5.60 Å². The van der Waals surface area contributed by atoms with Crippen LogP contribution in [0.2, 0.25) is 0 Å². The van der Waals surface area contributed by atoms with E-state index in [-0.39, 0.29) is 17.8 Å². The van der Waals surface area contributed by atoms with Gasteiger partial charge in [0.05, 0.1) is 0 Å². The Balaban J connectivity index is 2.96. The highest BCUT2D eigenvalue weighted by Gasteiger charge is 2.50. The maximum absolute atomic E-state index is 11.2. The number of hydrogen-bond acceptors (Lipinski definition) is 2. The van der Waals surface area contributed by atoms with E-state index in [1.807, 2.05) is 0 Å². The number of hydrogen-bond donors (Lipinski definition) is 2. The summed E-state index contributed by atoms with van der Waals surface area (Å²) in [6, 6.07) is 0. The molecule has 1 fully saturated rings. The third-order valence-corrected chi connectivity index (χ3v) is 3.99. The van der Waals surface area contributed by atoms with Crippen LogP contribution in [0.15, 0.2) is 0 Å². The van der Waals surface area contributed by atoms with E-state index in [4.69, 9.17) is 5.11 Å². The minimum absolute atomic E-state index is 0.0681. The second-order valence-electron chi connectivity index (χ2n) is 5.37. The van der Waals surface area contributed by atoms with Gasteiger partial charge in [-0.3, -0.25) is 0 Å². The van der Waals surface area contributed by atoms with Gasteiger partial charge in [0.1, 0.15) is 0 Å². The average molecular weight is 214 g/mol. The van der Waals surface area contributed by atoms with Crippen molar-refractivity contribution in [2.45, 2.75) is 58.5 Å². The van der Waals surface area contributed by atoms with Gasteiger partial charge in [-0.15, -0.1) is 0 Å². The molecule has 0 bridgehead atoms. The zero-order chi connectivity index (χ0) is 11.7. The summed E-state index contributed by atoms with van der Waals surface area (Å²) >= 11 is 0. The van der Waals surface area contributed by atoms with Crippen LogP contribution in [-0.2, 0) is 4.79 Å². The minimum Gasteiger partial charge on any atom is -0.479 e. The van der Waals surface area contributed by atoms with Crippen LogP contribution in [0.3, 0.4) is 0 Å². The molecular formula is C12H22O3. The summed E-state index contributed by atoms with van der Waals surface area (Å²) in [7, 11) is 0. The molecule has 1 aliphatic rings. The molecule has 15 heavy (non-hydrogen) atoms. The molecule has 0 heterocycles. The zero-order valence-corrected chi connectivity index (χ0v) is 9.92. The standard InChI is InChI=1S/C12H22O3/c1-4-12(15,10(13)14)9-7-5-6-8-11(9,2)3/h9,15H,4-8H2,1-3H3,(H,13,14). The Labute approximate surface area is 91.5 Å². The number of carboxylic acids is 1. The highest BCUT2D eigenvalue weighted by atomic mass is 16.4. The summed E-state index contributed by atoms with van der Waals surface area (Å²) in [6.45, 7) is 5.89. The van der Waals surface area contributed by atoms with Gasteiger partial charge in [-0.2, -0.15) is 0 Å². The first-order chi connectivity index (χ1) is 6.84. The molecule has 0 aromatic rings. The van der Waals surface area contributed by atoms with Crippen LogP contribution < -0.4 is 0 Å². The normalized spacial score (nSPS) is 29.5. The van der Waals surface area contributed by atoms with Crippen LogP contribution in [0, 0.1) is 11.3 Å². The molecule has 0 saturated heterocycles. The molecule has 0 aromatic heterocycles. The van der Waals surface area contributed by atoms with E-state index in [0.717, 1.165) is 25.7 Å². The van der Waals surface area contributed by atoms with Crippen molar-refractivity contribution in [3.63, 3.8) is 0 Å². The highest BCUT2D eigenvalue weighted by molar-refractivity contribution is 5.77. The summed E-state index contributed by atoms with van der Waals surface area (Å²) in [5.74, 6) is -1.19. The van der Waals surface area contributed by atoms with Gasteiger partial charge in [0, 0.05) is 5.92 Å². The van der Waals surface area contributed by atoms with E-state index in [1.54, 1.807) is 6.92 Å². The molecule has 0 radical (unpaired) electrons. The molecule has 2 N–H and O–H groups in total. The fourth-order valence-electron chi connectivity index (χ4n) is 2.93. The monoisotopic (exact) mass is 214 g/mol. The van der Waals surface area contributed by atoms with Crippen molar-refractivity contribution in [2.75, 3.05) is 0 Å². The first-order valence-corrected chi connectivity index (χ1v) is 5.80. The van der Waals surface area contributed by atoms with Gasteiger partial charge >= 0.3 is 5.97 Å². The quantitative estimate of drug-likeness (QED) is 0.758. The number of aliphatic hydroxyl groups is 1. The topological polar surface area (TPSA) is 57.5 Å². The lowest BCUT2D eigenvalue weighted by molar-refractivity contribution is -0.174. The molecule has 1 aliphatic carbocycles. The smallest absolute Gasteiger partial charge is 0.335 e. The summed E-state index contributed by atoms with van der Waals surface area (Å²) in [5.41, 5.74) is -1.61. The zero-order valence-electron chi connectivity index (χ0n) is 9.92. The predicted octanol–water partition coefficient (Wildman–Crippen LogP) is 2.43.